The molecule has 25 heavy (non-hydrogen) atoms. The van der Waals surface area contributed by atoms with Gasteiger partial charge in [0, 0.05) is 19.0 Å². The van der Waals surface area contributed by atoms with Gasteiger partial charge in [-0.1, -0.05) is 6.42 Å². The molecule has 0 saturated heterocycles. The Morgan fingerprint density at radius 1 is 0.960 bits per heavy atom. The molecule has 1 atom stereocenters. The first-order valence-electron chi connectivity index (χ1n) is 8.63. The summed E-state index contributed by atoms with van der Waals surface area (Å²) in [4.78, 5) is 21.6. The molecule has 9 nitrogen and oxygen atoms in total. The van der Waals surface area contributed by atoms with Gasteiger partial charge in [-0.05, 0) is 19.8 Å². The van der Waals surface area contributed by atoms with Gasteiger partial charge < -0.3 is 35.1 Å². The van der Waals surface area contributed by atoms with Crippen LogP contribution in [0.1, 0.15) is 32.6 Å². The van der Waals surface area contributed by atoms with E-state index >= 15 is 0 Å². The van der Waals surface area contributed by atoms with Crippen molar-refractivity contribution in [1.82, 2.24) is 5.32 Å². The van der Waals surface area contributed by atoms with Gasteiger partial charge >= 0.3 is 6.16 Å². The van der Waals surface area contributed by atoms with E-state index in [4.69, 9.17) is 25.1 Å². The van der Waals surface area contributed by atoms with Crippen molar-refractivity contribution < 1.29 is 33.6 Å². The fraction of sp³-hybridized carbons (Fsp3) is 0.875. The number of hydrogen-bond acceptors (Lipinski definition) is 7. The molecule has 0 aromatic heterocycles. The first-order chi connectivity index (χ1) is 12.0. The topological polar surface area (TPSA) is 129 Å². The standard InChI is InChI=1S/C16H32N2O7/c1-14(17)4-2-3-6-18-15(19)5-7-22-8-9-23-10-11-24-12-13-25-16(20)21/h14H,2-13,17H2,1H3,(H,18,19)(H,20,21)/t14-/m0/s1. The molecule has 0 fully saturated rings. The third-order valence-corrected chi connectivity index (χ3v) is 3.08. The van der Waals surface area contributed by atoms with Crippen LogP contribution < -0.4 is 11.1 Å². The molecule has 0 unspecified atom stereocenters. The molecule has 0 aromatic carbocycles. The highest BCUT2D eigenvalue weighted by Gasteiger charge is 2.01. The van der Waals surface area contributed by atoms with Crippen molar-refractivity contribution >= 4 is 12.1 Å². The summed E-state index contributed by atoms with van der Waals surface area (Å²) in [6.07, 6.45) is 1.95. The number of nitrogens with two attached hydrogens (primary N) is 1. The van der Waals surface area contributed by atoms with Gasteiger partial charge in [0.05, 0.1) is 39.6 Å². The van der Waals surface area contributed by atoms with E-state index in [1.54, 1.807) is 0 Å². The molecule has 0 saturated carbocycles. The Bertz CT molecular complexity index is 340. The van der Waals surface area contributed by atoms with Crippen molar-refractivity contribution in [2.45, 2.75) is 38.6 Å². The number of unbranched alkanes of at least 4 members (excludes halogenated alkanes) is 1. The van der Waals surface area contributed by atoms with Crippen LogP contribution in [0.2, 0.25) is 0 Å². The van der Waals surface area contributed by atoms with Gasteiger partial charge in [-0.2, -0.15) is 0 Å². The minimum atomic E-state index is -1.31. The van der Waals surface area contributed by atoms with Gasteiger partial charge in [0.15, 0.2) is 0 Å². The molecule has 9 heteroatoms. The number of rotatable bonds is 17. The van der Waals surface area contributed by atoms with Gasteiger partial charge in [0.2, 0.25) is 5.91 Å². The summed E-state index contributed by atoms with van der Waals surface area (Å²) >= 11 is 0. The summed E-state index contributed by atoms with van der Waals surface area (Å²) < 4.78 is 19.9. The van der Waals surface area contributed by atoms with Crippen molar-refractivity contribution in [3.63, 3.8) is 0 Å². The lowest BCUT2D eigenvalue weighted by Crippen LogP contribution is -2.26. The number of nitrogens with one attached hydrogen (secondary N) is 1. The summed E-state index contributed by atoms with van der Waals surface area (Å²) in [5, 5.41) is 11.1. The number of amides is 1. The molecular weight excluding hydrogens is 332 g/mol. The van der Waals surface area contributed by atoms with Crippen LogP contribution >= 0.6 is 0 Å². The summed E-state index contributed by atoms with van der Waals surface area (Å²) in [6, 6.07) is 0.212. The highest BCUT2D eigenvalue weighted by Crippen LogP contribution is 1.97. The zero-order valence-corrected chi connectivity index (χ0v) is 15.0. The zero-order valence-electron chi connectivity index (χ0n) is 15.0. The molecule has 1 amide bonds. The second-order valence-electron chi connectivity index (χ2n) is 5.52. The Labute approximate surface area is 149 Å². The average molecular weight is 364 g/mol. The monoisotopic (exact) mass is 364 g/mol. The molecule has 0 aliphatic heterocycles. The number of carboxylic acid groups (broad SMARTS) is 1. The van der Waals surface area contributed by atoms with Crippen LogP contribution in [-0.2, 0) is 23.7 Å². The predicted molar refractivity (Wildman–Crippen MR) is 91.6 cm³/mol. The quantitative estimate of drug-likeness (QED) is 0.255. The minimum Gasteiger partial charge on any atom is -0.450 e. The normalized spacial score (nSPS) is 11.9. The third-order valence-electron chi connectivity index (χ3n) is 3.08. The Kier molecular flexibility index (Phi) is 16.4. The second-order valence-corrected chi connectivity index (χ2v) is 5.52. The van der Waals surface area contributed by atoms with Crippen molar-refractivity contribution in [3.05, 3.63) is 0 Å². The van der Waals surface area contributed by atoms with E-state index in [0.29, 0.717) is 46.0 Å². The Hall–Kier alpha value is -1.42. The van der Waals surface area contributed by atoms with Crippen molar-refractivity contribution in [2.75, 3.05) is 52.8 Å². The Balaban J connectivity index is 3.17. The lowest BCUT2D eigenvalue weighted by atomic mass is 10.1. The van der Waals surface area contributed by atoms with Crippen LogP contribution in [0.5, 0.6) is 0 Å². The molecule has 0 aromatic rings. The molecule has 0 heterocycles. The highest BCUT2D eigenvalue weighted by molar-refractivity contribution is 5.75. The summed E-state index contributed by atoms with van der Waals surface area (Å²) in [5.74, 6) is -0.0151. The molecule has 0 aliphatic rings. The van der Waals surface area contributed by atoms with Crippen molar-refractivity contribution in [3.8, 4) is 0 Å². The van der Waals surface area contributed by atoms with Crippen LogP contribution in [0.15, 0.2) is 0 Å². The zero-order chi connectivity index (χ0) is 18.8. The Morgan fingerprint density at radius 2 is 1.52 bits per heavy atom. The van der Waals surface area contributed by atoms with Crippen LogP contribution in [0.25, 0.3) is 0 Å². The average Bonchev–Trinajstić information content (AvgIpc) is 2.55. The minimum absolute atomic E-state index is 0.00660. The van der Waals surface area contributed by atoms with E-state index in [2.05, 4.69) is 10.1 Å². The fourth-order valence-corrected chi connectivity index (χ4v) is 1.80. The third kappa shape index (κ3) is 20.5. The highest BCUT2D eigenvalue weighted by atomic mass is 16.7. The van der Waals surface area contributed by atoms with Gasteiger partial charge in [0.25, 0.3) is 0 Å². The van der Waals surface area contributed by atoms with Crippen LogP contribution in [0.4, 0.5) is 4.79 Å². The SMILES string of the molecule is C[C@H](N)CCCCNC(=O)CCOCCOCCOCCOC(=O)O. The molecule has 0 aliphatic carbocycles. The second kappa shape index (κ2) is 17.4. The molecule has 4 N–H and O–H groups in total. The number of carbonyl (C=O) groups is 2. The summed E-state index contributed by atoms with van der Waals surface area (Å²) in [5.41, 5.74) is 5.65. The Morgan fingerprint density at radius 3 is 2.08 bits per heavy atom. The maximum atomic E-state index is 11.5. The van der Waals surface area contributed by atoms with E-state index in [0.717, 1.165) is 19.3 Å². The van der Waals surface area contributed by atoms with E-state index in [1.165, 1.54) is 0 Å². The molecule has 0 radical (unpaired) electrons. The maximum absolute atomic E-state index is 11.5. The number of hydrogen-bond donors (Lipinski definition) is 3. The maximum Gasteiger partial charge on any atom is 0.505 e. The fourth-order valence-electron chi connectivity index (χ4n) is 1.80. The first kappa shape index (κ1) is 23.6. The molecule has 0 rings (SSSR count). The van der Waals surface area contributed by atoms with E-state index in [1.807, 2.05) is 6.92 Å². The van der Waals surface area contributed by atoms with E-state index in [-0.39, 0.29) is 25.2 Å². The van der Waals surface area contributed by atoms with Crippen LogP contribution in [0, 0.1) is 0 Å². The van der Waals surface area contributed by atoms with Crippen molar-refractivity contribution in [2.24, 2.45) is 5.73 Å². The van der Waals surface area contributed by atoms with Gasteiger partial charge in [-0.15, -0.1) is 0 Å². The van der Waals surface area contributed by atoms with Gasteiger partial charge in [0.1, 0.15) is 6.61 Å². The smallest absolute Gasteiger partial charge is 0.450 e. The van der Waals surface area contributed by atoms with Crippen LogP contribution in [-0.4, -0.2) is 76.0 Å². The number of ether oxygens (including phenoxy) is 4. The molecular formula is C16H32N2O7. The summed E-state index contributed by atoms with van der Waals surface area (Å²) in [7, 11) is 0. The van der Waals surface area contributed by atoms with E-state index < -0.39 is 6.16 Å². The number of carbonyl (C=O) groups excluding carboxylic acids is 1. The van der Waals surface area contributed by atoms with Crippen LogP contribution in [0.3, 0.4) is 0 Å². The van der Waals surface area contributed by atoms with E-state index in [9.17, 15) is 9.59 Å². The predicted octanol–water partition coefficient (Wildman–Crippen LogP) is 0.755. The van der Waals surface area contributed by atoms with Gasteiger partial charge in [-0.3, -0.25) is 4.79 Å². The lowest BCUT2D eigenvalue weighted by Gasteiger charge is -2.08. The van der Waals surface area contributed by atoms with Gasteiger partial charge in [-0.25, -0.2) is 4.79 Å². The first-order valence-corrected chi connectivity index (χ1v) is 8.63. The molecule has 0 spiro atoms. The lowest BCUT2D eigenvalue weighted by molar-refractivity contribution is -0.122. The van der Waals surface area contributed by atoms with Crippen molar-refractivity contribution in [1.29, 1.82) is 0 Å². The molecule has 148 valence electrons. The largest absolute Gasteiger partial charge is 0.505 e. The summed E-state index contributed by atoms with van der Waals surface area (Å²) in [6.45, 7) is 4.78. The molecule has 0 bridgehead atoms.